The highest BCUT2D eigenvalue weighted by molar-refractivity contribution is 5.64. The van der Waals surface area contributed by atoms with Crippen LogP contribution in [0.15, 0.2) is 48.6 Å². The maximum Gasteiger partial charge on any atom is 0.404 e. The van der Waals surface area contributed by atoms with Crippen molar-refractivity contribution >= 4 is 6.09 Å². The second kappa shape index (κ2) is 22.6. The van der Waals surface area contributed by atoms with Gasteiger partial charge in [-0.2, -0.15) is 0 Å². The lowest BCUT2D eigenvalue weighted by Gasteiger charge is -2.41. The molecule has 278 valence electrons. The number of rotatable bonds is 22. The number of carbonyl (C=O) groups is 1. The predicted molar refractivity (Wildman–Crippen MR) is 186 cm³/mol. The van der Waals surface area contributed by atoms with E-state index in [4.69, 9.17) is 34.2 Å². The molecule has 0 spiro atoms. The molecule has 0 bridgehead atoms. The van der Waals surface area contributed by atoms with E-state index in [0.29, 0.717) is 12.8 Å². The summed E-state index contributed by atoms with van der Waals surface area (Å²) in [5.74, 6) is -1.28. The number of aliphatic hydroxyl groups excluding tert-OH is 3. The van der Waals surface area contributed by atoms with Crippen LogP contribution in [0.1, 0.15) is 68.2 Å². The summed E-state index contributed by atoms with van der Waals surface area (Å²) in [6, 6.07) is 0. The number of allylic oxidation sites excluding steroid dienone is 3. The van der Waals surface area contributed by atoms with Crippen molar-refractivity contribution in [1.29, 1.82) is 0 Å². The van der Waals surface area contributed by atoms with Crippen molar-refractivity contribution in [2.75, 3.05) is 27.8 Å². The van der Waals surface area contributed by atoms with Crippen LogP contribution >= 0.6 is 0 Å². The molecule has 1 rings (SSSR count). The molecule has 1 amide bonds. The zero-order valence-electron chi connectivity index (χ0n) is 30.9. The van der Waals surface area contributed by atoms with Crippen LogP contribution in [0.25, 0.3) is 0 Å². The largest absolute Gasteiger partial charge is 0.445 e. The van der Waals surface area contributed by atoms with Gasteiger partial charge in [-0.05, 0) is 19.3 Å². The van der Waals surface area contributed by atoms with Crippen molar-refractivity contribution in [3.63, 3.8) is 0 Å². The van der Waals surface area contributed by atoms with E-state index >= 15 is 0 Å². The van der Waals surface area contributed by atoms with Gasteiger partial charge in [0.2, 0.25) is 0 Å². The van der Waals surface area contributed by atoms with Crippen molar-refractivity contribution in [3.8, 4) is 0 Å². The van der Waals surface area contributed by atoms with Gasteiger partial charge in [0, 0.05) is 56.1 Å². The number of primary amides is 1. The van der Waals surface area contributed by atoms with E-state index in [9.17, 15) is 20.1 Å². The van der Waals surface area contributed by atoms with E-state index in [1.165, 1.54) is 0 Å². The minimum atomic E-state index is -1.05. The zero-order chi connectivity index (χ0) is 36.6. The van der Waals surface area contributed by atoms with E-state index in [2.05, 4.69) is 26.5 Å². The Kier molecular flexibility index (Phi) is 20.7. The summed E-state index contributed by atoms with van der Waals surface area (Å²) in [7, 11) is 3.14. The van der Waals surface area contributed by atoms with Gasteiger partial charge in [-0.15, -0.1) is 0 Å². The molecule has 5 N–H and O–H groups in total. The summed E-state index contributed by atoms with van der Waals surface area (Å²) in [6.07, 6.45) is 7.55. The van der Waals surface area contributed by atoms with E-state index in [1.54, 1.807) is 33.3 Å². The number of amides is 1. The molecule has 1 aliphatic rings. The summed E-state index contributed by atoms with van der Waals surface area (Å²) in [5, 5.41) is 32.2. The highest BCUT2D eigenvalue weighted by atomic mass is 16.7. The minimum Gasteiger partial charge on any atom is -0.445 e. The topological polar surface area (TPSA) is 159 Å². The van der Waals surface area contributed by atoms with Crippen LogP contribution in [-0.4, -0.2) is 92.1 Å². The number of methoxy groups -OCH3 is 2. The number of aliphatic hydroxyl groups is 3. The molecule has 1 fully saturated rings. The molecule has 1 saturated heterocycles. The van der Waals surface area contributed by atoms with Crippen LogP contribution in [0.2, 0.25) is 0 Å². The average molecular weight is 684 g/mol. The Hall–Kier alpha value is -2.09. The summed E-state index contributed by atoms with van der Waals surface area (Å²) in [5.41, 5.74) is 6.45. The molecule has 0 unspecified atom stereocenters. The van der Waals surface area contributed by atoms with Gasteiger partial charge in [0.15, 0.2) is 6.29 Å². The molecule has 0 aromatic rings. The number of hydrogen-bond donors (Lipinski definition) is 4. The molecule has 0 aromatic heterocycles. The third kappa shape index (κ3) is 14.4. The lowest BCUT2D eigenvalue weighted by molar-refractivity contribution is -0.247. The molecule has 1 heterocycles. The van der Waals surface area contributed by atoms with Gasteiger partial charge in [0.1, 0.15) is 19.7 Å². The van der Waals surface area contributed by atoms with Gasteiger partial charge >= 0.3 is 6.09 Å². The Morgan fingerprint density at radius 2 is 1.52 bits per heavy atom. The first kappa shape index (κ1) is 43.9. The molecule has 14 atom stereocenters. The number of carbonyl (C=O) groups excluding carboxylic acids is 1. The maximum absolute atomic E-state index is 11.6. The van der Waals surface area contributed by atoms with Crippen LogP contribution < -0.4 is 5.73 Å². The monoisotopic (exact) mass is 683 g/mol. The highest BCUT2D eigenvalue weighted by Gasteiger charge is 2.40. The van der Waals surface area contributed by atoms with Gasteiger partial charge < -0.3 is 49.5 Å². The van der Waals surface area contributed by atoms with Crippen LogP contribution in [0.3, 0.4) is 0 Å². The molecule has 0 aromatic carbocycles. The van der Waals surface area contributed by atoms with Crippen molar-refractivity contribution in [3.05, 3.63) is 48.6 Å². The fourth-order valence-electron chi connectivity index (χ4n) is 6.63. The third-order valence-corrected chi connectivity index (χ3v) is 9.49. The lowest BCUT2D eigenvalue weighted by atomic mass is 9.81. The van der Waals surface area contributed by atoms with Gasteiger partial charge in [0.25, 0.3) is 0 Å². The van der Waals surface area contributed by atoms with Gasteiger partial charge in [0.05, 0.1) is 30.5 Å². The second-order valence-corrected chi connectivity index (χ2v) is 13.7. The Balaban J connectivity index is 3.07. The zero-order valence-corrected chi connectivity index (χ0v) is 30.9. The standard InChI is InChI=1S/C37H65NO10/c1-12-13-14-23(3)35(48-37(38)42)28(8)32(39)25(5)17-22(2)18-26(6)34(46-21-44-11)24(4)15-16-30(45-20-43-10)19-31-27(7)33(40)29(9)36(41)47-31/h12-16,18,23-36,39-41H,1,17,19-21H2,2-11H3,(H2,38,42)/b14-13-,16-15-,22-18-/t23-,24-,25-,26-,27-,28-,29+,30+,31-,32+,33-,34-,35-,36+/m0/s1. The predicted octanol–water partition coefficient (Wildman–Crippen LogP) is 5.35. The fourth-order valence-corrected chi connectivity index (χ4v) is 6.63. The Labute approximate surface area is 289 Å². The number of hydrogen-bond acceptors (Lipinski definition) is 10. The fraction of sp³-hybridized carbons (Fsp3) is 0.757. The molecule has 0 aliphatic carbocycles. The Bertz CT molecular complexity index is 1020. The maximum atomic E-state index is 11.6. The molecular formula is C37H65NO10. The molecular weight excluding hydrogens is 618 g/mol. The van der Waals surface area contributed by atoms with Crippen LogP contribution in [0, 0.1) is 41.4 Å². The summed E-state index contributed by atoms with van der Waals surface area (Å²) < 4.78 is 33.8. The molecule has 11 heteroatoms. The van der Waals surface area contributed by atoms with Crippen molar-refractivity contribution in [2.45, 2.75) is 111 Å². The molecule has 48 heavy (non-hydrogen) atoms. The van der Waals surface area contributed by atoms with E-state index in [-0.39, 0.29) is 67.2 Å². The normalized spacial score (nSPS) is 27.9. The van der Waals surface area contributed by atoms with Crippen molar-refractivity contribution in [1.82, 2.24) is 0 Å². The first-order valence-corrected chi connectivity index (χ1v) is 17.1. The number of ether oxygens (including phenoxy) is 6. The first-order valence-electron chi connectivity index (χ1n) is 17.1. The van der Waals surface area contributed by atoms with Crippen molar-refractivity contribution < 1.29 is 48.5 Å². The summed E-state index contributed by atoms with van der Waals surface area (Å²) in [6.45, 7) is 19.5. The third-order valence-electron chi connectivity index (χ3n) is 9.49. The van der Waals surface area contributed by atoms with Crippen LogP contribution in [-0.2, 0) is 28.4 Å². The Morgan fingerprint density at radius 1 is 0.917 bits per heavy atom. The average Bonchev–Trinajstić information content (AvgIpc) is 3.04. The highest BCUT2D eigenvalue weighted by Crippen LogP contribution is 2.33. The second-order valence-electron chi connectivity index (χ2n) is 13.7. The summed E-state index contributed by atoms with van der Waals surface area (Å²) in [4.78, 5) is 11.6. The van der Waals surface area contributed by atoms with Gasteiger partial charge in [-0.3, -0.25) is 0 Å². The van der Waals surface area contributed by atoms with E-state index < -0.39 is 36.8 Å². The molecule has 11 nitrogen and oxygen atoms in total. The smallest absolute Gasteiger partial charge is 0.404 e. The quantitative estimate of drug-likeness (QED) is 0.0666. The van der Waals surface area contributed by atoms with Crippen LogP contribution in [0.4, 0.5) is 4.79 Å². The minimum absolute atomic E-state index is 0.0107. The van der Waals surface area contributed by atoms with E-state index in [1.807, 2.05) is 52.8 Å². The summed E-state index contributed by atoms with van der Waals surface area (Å²) >= 11 is 0. The van der Waals surface area contributed by atoms with Crippen LogP contribution in [0.5, 0.6) is 0 Å². The SMILES string of the molecule is C=C/C=C\[C@H](C)[C@H](OC(N)=O)[C@@H](C)[C@H](O)[C@@H](C)C/C(C)=C\[C@H](C)[C@@H](OCOC)[C@@H](C)/C=C\[C@H](C[C@@H]1O[C@@H](O)[C@H](C)[C@@H](O)[C@H]1C)OCOC. The lowest BCUT2D eigenvalue weighted by Crippen LogP contribution is -2.49. The van der Waals surface area contributed by atoms with Gasteiger partial charge in [-0.1, -0.05) is 97.1 Å². The van der Waals surface area contributed by atoms with E-state index in [0.717, 1.165) is 5.57 Å². The Morgan fingerprint density at radius 3 is 2.10 bits per heavy atom. The molecule has 0 saturated carbocycles. The number of nitrogens with two attached hydrogens (primary N) is 1. The van der Waals surface area contributed by atoms with Gasteiger partial charge in [-0.25, -0.2) is 4.79 Å². The van der Waals surface area contributed by atoms with Crippen molar-refractivity contribution in [2.24, 2.45) is 47.2 Å². The molecule has 0 radical (unpaired) electrons. The molecule has 1 aliphatic heterocycles. The first-order chi connectivity index (χ1) is 22.6.